The van der Waals surface area contributed by atoms with Gasteiger partial charge in [-0.3, -0.25) is 4.57 Å². The topological polar surface area (TPSA) is 106 Å². The first-order valence-corrected chi connectivity index (χ1v) is 14.1. The van der Waals surface area contributed by atoms with Crippen LogP contribution in [0, 0.1) is 5.82 Å². The fourth-order valence-electron chi connectivity index (χ4n) is 4.52. The molecule has 4 aromatic rings. The summed E-state index contributed by atoms with van der Waals surface area (Å²) in [7, 11) is -8.03. The minimum Gasteiger partial charge on any atom is -0.387 e. The molecule has 4 atom stereocenters. The van der Waals surface area contributed by atoms with Crippen molar-refractivity contribution in [2.75, 3.05) is 18.6 Å². The quantitative estimate of drug-likeness (QED) is 0.254. The summed E-state index contributed by atoms with van der Waals surface area (Å²) in [6.07, 6.45) is -2.31. The molecule has 2 aromatic carbocycles. The molecule has 222 valence electrons. The first kappa shape index (κ1) is 29.1. The molecule has 0 radical (unpaired) electrons. The molecule has 9 nitrogen and oxygen atoms in total. The second kappa shape index (κ2) is 9.84. The molecule has 1 fully saturated rings. The molecule has 0 saturated carbocycles. The van der Waals surface area contributed by atoms with Crippen LogP contribution in [0.3, 0.4) is 0 Å². The van der Waals surface area contributed by atoms with E-state index in [0.717, 1.165) is 12.1 Å². The van der Waals surface area contributed by atoms with Crippen molar-refractivity contribution in [1.29, 1.82) is 0 Å². The van der Waals surface area contributed by atoms with Gasteiger partial charge in [0.2, 0.25) is 0 Å². The Hall–Kier alpha value is -3.44. The number of aromatic nitrogens is 4. The molecule has 1 aliphatic heterocycles. The smallest absolute Gasteiger partial charge is 0.310 e. The van der Waals surface area contributed by atoms with Gasteiger partial charge >= 0.3 is 10.2 Å². The molecule has 41 heavy (non-hydrogen) atoms. The molecule has 1 saturated heterocycles. The van der Waals surface area contributed by atoms with E-state index in [0.29, 0.717) is 29.1 Å². The third-order valence-electron chi connectivity index (χ3n) is 6.54. The van der Waals surface area contributed by atoms with Crippen molar-refractivity contribution in [3.8, 4) is 0 Å². The summed E-state index contributed by atoms with van der Waals surface area (Å²) >= 11 is 0. The summed E-state index contributed by atoms with van der Waals surface area (Å²) < 4.78 is 90.8. The summed E-state index contributed by atoms with van der Waals surface area (Å²) in [5.74, 6) is 0.0599. The average molecular weight is 606 g/mol. The van der Waals surface area contributed by atoms with Crippen LogP contribution in [0.4, 0.5) is 29.6 Å². The molecule has 1 unspecified atom stereocenters. The van der Waals surface area contributed by atoms with Gasteiger partial charge in [0.15, 0.2) is 23.2 Å². The highest BCUT2D eigenvalue weighted by Crippen LogP contribution is 3.02. The summed E-state index contributed by atoms with van der Waals surface area (Å²) in [4.78, 5) is 12.6. The van der Waals surface area contributed by atoms with Crippen molar-refractivity contribution in [3.05, 3.63) is 78.1 Å². The lowest BCUT2D eigenvalue weighted by atomic mass is 10.1. The van der Waals surface area contributed by atoms with Crippen molar-refractivity contribution in [1.82, 2.24) is 19.5 Å². The molecule has 16 heteroatoms. The third-order valence-corrected chi connectivity index (χ3v) is 7.70. The van der Waals surface area contributed by atoms with Gasteiger partial charge in [-0.1, -0.05) is 43.7 Å². The van der Waals surface area contributed by atoms with E-state index in [1.165, 1.54) is 29.4 Å². The Kier molecular flexibility index (Phi) is 6.97. The van der Waals surface area contributed by atoms with Gasteiger partial charge in [0.1, 0.15) is 35.4 Å². The predicted molar refractivity (Wildman–Crippen MR) is 137 cm³/mol. The molecule has 2 aromatic heterocycles. The lowest BCUT2D eigenvalue weighted by molar-refractivity contribution is -0.0682. The van der Waals surface area contributed by atoms with Crippen LogP contribution in [0.5, 0.6) is 0 Å². The van der Waals surface area contributed by atoms with E-state index >= 15 is 0 Å². The summed E-state index contributed by atoms with van der Waals surface area (Å²) in [5.41, 5.74) is 1.55. The van der Waals surface area contributed by atoms with Gasteiger partial charge < -0.3 is 24.6 Å². The van der Waals surface area contributed by atoms with Gasteiger partial charge in [-0.25, -0.2) is 19.3 Å². The Morgan fingerprint density at radius 1 is 0.976 bits per heavy atom. The van der Waals surface area contributed by atoms with Crippen LogP contribution >= 0.6 is 10.2 Å². The Labute approximate surface area is 229 Å². The van der Waals surface area contributed by atoms with Gasteiger partial charge in [-0.15, -0.1) is 0 Å². The Morgan fingerprint density at radius 2 is 1.71 bits per heavy atom. The standard InChI is InChI=1S/C25H25F6N5O4S/c1-35(10-16-3-2-4-17(26)9-16)23-20-24(33-13-32-23)36(14-34-20)25-22(38)21(37)19(40-25)12-39-11-15-5-7-18(8-6-15)41(27,28,29,30)31/h2-9,13-14,19,21-22,25,37-38H,10-12H2,1H3/t19?,21-,22-,25-/m1/s1. The maximum absolute atomic E-state index is 13.6. The van der Waals surface area contributed by atoms with E-state index in [1.54, 1.807) is 24.1 Å². The number of hydrogen-bond acceptors (Lipinski definition) is 8. The summed E-state index contributed by atoms with van der Waals surface area (Å²) in [6, 6.07) is 8.42. The zero-order valence-electron chi connectivity index (χ0n) is 21.3. The third kappa shape index (κ3) is 6.25. The number of halogens is 6. The maximum atomic E-state index is 13.6. The predicted octanol–water partition coefficient (Wildman–Crippen LogP) is 5.10. The molecule has 0 bridgehead atoms. The molecule has 0 amide bonds. The van der Waals surface area contributed by atoms with Crippen LogP contribution in [0.25, 0.3) is 11.2 Å². The highest BCUT2D eigenvalue weighted by Gasteiger charge is 2.65. The lowest BCUT2D eigenvalue weighted by Crippen LogP contribution is -2.33. The number of fused-ring (bicyclic) bond motifs is 1. The number of ether oxygens (including phenoxy) is 2. The Morgan fingerprint density at radius 3 is 2.39 bits per heavy atom. The van der Waals surface area contributed by atoms with E-state index in [2.05, 4.69) is 15.0 Å². The van der Waals surface area contributed by atoms with Crippen LogP contribution in [0.15, 0.2) is 66.1 Å². The number of rotatable bonds is 9. The fourth-order valence-corrected chi connectivity index (χ4v) is 5.17. The highest BCUT2D eigenvalue weighted by molar-refractivity contribution is 8.45. The molecule has 0 spiro atoms. The molecule has 0 aliphatic carbocycles. The highest BCUT2D eigenvalue weighted by atomic mass is 32.5. The number of aliphatic hydroxyl groups is 2. The molecule has 2 N–H and O–H groups in total. The van der Waals surface area contributed by atoms with Crippen LogP contribution in [0.1, 0.15) is 17.4 Å². The van der Waals surface area contributed by atoms with Crippen LogP contribution in [0.2, 0.25) is 0 Å². The number of benzene rings is 2. The Balaban J connectivity index is 1.25. The number of imidazole rings is 1. The monoisotopic (exact) mass is 605 g/mol. The molecular weight excluding hydrogens is 580 g/mol. The lowest BCUT2D eigenvalue weighted by Gasteiger charge is -2.40. The first-order valence-electron chi connectivity index (χ1n) is 12.2. The SMILES string of the molecule is CN(Cc1cccc(F)c1)c1ncnc2c1ncn2[C@@H]1OC(COCc2ccc(S(F)(F)(F)(F)F)cc2)[C@@H](O)[C@H]1O. The van der Waals surface area contributed by atoms with Crippen molar-refractivity contribution >= 4 is 27.2 Å². The van der Waals surface area contributed by atoms with Crippen molar-refractivity contribution in [2.24, 2.45) is 0 Å². The zero-order chi connectivity index (χ0) is 29.6. The second-order valence-corrected chi connectivity index (χ2v) is 12.1. The van der Waals surface area contributed by atoms with Crippen LogP contribution in [-0.4, -0.2) is 61.7 Å². The second-order valence-electron chi connectivity index (χ2n) is 9.68. The zero-order valence-corrected chi connectivity index (χ0v) is 22.1. The average Bonchev–Trinajstić information content (AvgIpc) is 3.44. The van der Waals surface area contributed by atoms with Crippen LogP contribution < -0.4 is 4.90 Å². The van der Waals surface area contributed by atoms with E-state index in [4.69, 9.17) is 9.47 Å². The molecule has 3 heterocycles. The largest absolute Gasteiger partial charge is 0.387 e. The van der Waals surface area contributed by atoms with E-state index < -0.39 is 39.7 Å². The number of hydrogen-bond donors (Lipinski definition) is 2. The van der Waals surface area contributed by atoms with Gasteiger partial charge in [0, 0.05) is 13.6 Å². The first-order chi connectivity index (χ1) is 19.1. The minimum absolute atomic E-state index is 0.187. The molecule has 1 aliphatic rings. The van der Waals surface area contributed by atoms with Gasteiger partial charge in [0.25, 0.3) is 0 Å². The van der Waals surface area contributed by atoms with Crippen molar-refractivity contribution < 1.29 is 43.5 Å². The van der Waals surface area contributed by atoms with E-state index in [1.807, 2.05) is 0 Å². The molecule has 5 rings (SSSR count). The Bertz CT molecular complexity index is 1560. The van der Waals surface area contributed by atoms with E-state index in [-0.39, 0.29) is 36.7 Å². The minimum atomic E-state index is -9.77. The fraction of sp³-hybridized carbons (Fsp3) is 0.320. The van der Waals surface area contributed by atoms with Crippen LogP contribution in [-0.2, 0) is 22.6 Å². The normalized spacial score (nSPS) is 23.0. The van der Waals surface area contributed by atoms with Gasteiger partial charge in [-0.2, -0.15) is 0 Å². The van der Waals surface area contributed by atoms with Crippen molar-refractivity contribution in [2.45, 2.75) is 42.6 Å². The summed E-state index contributed by atoms with van der Waals surface area (Å²) in [6.45, 7) is -0.197. The maximum Gasteiger partial charge on any atom is 0.310 e. The van der Waals surface area contributed by atoms with Gasteiger partial charge in [-0.05, 0) is 35.4 Å². The summed E-state index contributed by atoms with van der Waals surface area (Å²) in [5, 5.41) is 21.2. The van der Waals surface area contributed by atoms with Gasteiger partial charge in [0.05, 0.1) is 19.5 Å². The number of aliphatic hydroxyl groups excluding tert-OH is 2. The van der Waals surface area contributed by atoms with E-state index in [9.17, 15) is 34.0 Å². The number of nitrogens with zero attached hydrogens (tertiary/aromatic N) is 5. The van der Waals surface area contributed by atoms with Crippen molar-refractivity contribution in [3.63, 3.8) is 0 Å². The molecular formula is C25H25F6N5O4S. The number of anilines is 1.